The lowest BCUT2D eigenvalue weighted by Crippen LogP contribution is -2.20. The Kier molecular flexibility index (Phi) is 7.35. The van der Waals surface area contributed by atoms with E-state index in [-0.39, 0.29) is 16.1 Å². The minimum atomic E-state index is -0.384. The summed E-state index contributed by atoms with van der Waals surface area (Å²) in [6, 6.07) is 0. The largest absolute Gasteiger partial charge is 0.127 e. The van der Waals surface area contributed by atoms with Crippen molar-refractivity contribution in [2.75, 3.05) is 5.88 Å². The van der Waals surface area contributed by atoms with Crippen LogP contribution in [0.2, 0.25) is 0 Å². The van der Waals surface area contributed by atoms with Crippen LogP contribution in [0.5, 0.6) is 0 Å². The Labute approximate surface area is 88.1 Å². The maximum Gasteiger partial charge on any atom is 0.112 e. The minimum Gasteiger partial charge on any atom is -0.127 e. The van der Waals surface area contributed by atoms with Crippen LogP contribution in [-0.2, 0) is 0 Å². The molecule has 0 rings (SSSR count). The van der Waals surface area contributed by atoms with Crippen LogP contribution in [-0.4, -0.2) is 16.1 Å². The third-order valence-electron chi connectivity index (χ3n) is 1.64. The van der Waals surface area contributed by atoms with Gasteiger partial charge in [0.2, 0.25) is 0 Å². The van der Waals surface area contributed by atoms with E-state index in [1.807, 2.05) is 6.92 Å². The molecule has 0 aliphatic carbocycles. The third kappa shape index (κ3) is 4.67. The Balaban J connectivity index is 3.81. The monoisotopic (exact) mass is 236 g/mol. The van der Waals surface area contributed by atoms with Crippen LogP contribution >= 0.6 is 46.4 Å². The van der Waals surface area contributed by atoms with Crippen molar-refractivity contribution in [2.24, 2.45) is 5.92 Å². The number of alkyl halides is 4. The molecule has 2 atom stereocenters. The standard InChI is InChI=1S/C7H12Cl4/c1-2-5(7(10)11)6(9)3-4-8/h5-7H,2-4H2,1H3. The summed E-state index contributed by atoms with van der Waals surface area (Å²) in [5.74, 6) is 0.712. The van der Waals surface area contributed by atoms with Crippen molar-refractivity contribution >= 4 is 46.4 Å². The molecular weight excluding hydrogens is 226 g/mol. The van der Waals surface area contributed by atoms with E-state index in [9.17, 15) is 0 Å². The molecular formula is C7H12Cl4. The van der Waals surface area contributed by atoms with Crippen molar-refractivity contribution < 1.29 is 0 Å². The molecule has 11 heavy (non-hydrogen) atoms. The summed E-state index contributed by atoms with van der Waals surface area (Å²) in [4.78, 5) is -0.384. The van der Waals surface area contributed by atoms with Crippen molar-refractivity contribution in [3.8, 4) is 0 Å². The van der Waals surface area contributed by atoms with E-state index in [4.69, 9.17) is 46.4 Å². The summed E-state index contributed by atoms with van der Waals surface area (Å²) in [5.41, 5.74) is 0. The van der Waals surface area contributed by atoms with E-state index >= 15 is 0 Å². The van der Waals surface area contributed by atoms with Gasteiger partial charge in [0, 0.05) is 17.2 Å². The number of rotatable bonds is 5. The molecule has 0 bridgehead atoms. The van der Waals surface area contributed by atoms with Gasteiger partial charge < -0.3 is 0 Å². The van der Waals surface area contributed by atoms with Crippen LogP contribution in [0.25, 0.3) is 0 Å². The molecule has 0 saturated carbocycles. The van der Waals surface area contributed by atoms with Gasteiger partial charge in [0.15, 0.2) is 0 Å². The van der Waals surface area contributed by atoms with Crippen LogP contribution in [0.4, 0.5) is 0 Å². The molecule has 0 N–H and O–H groups in total. The lowest BCUT2D eigenvalue weighted by Gasteiger charge is -2.20. The molecule has 0 aromatic heterocycles. The van der Waals surface area contributed by atoms with E-state index in [2.05, 4.69) is 0 Å². The van der Waals surface area contributed by atoms with E-state index in [0.717, 1.165) is 12.8 Å². The Morgan fingerprint density at radius 1 is 1.18 bits per heavy atom. The Hall–Kier alpha value is 1.16. The van der Waals surface area contributed by atoms with Crippen molar-refractivity contribution in [3.63, 3.8) is 0 Å². The first kappa shape index (κ1) is 12.2. The predicted molar refractivity (Wildman–Crippen MR) is 54.3 cm³/mol. The molecule has 0 radical (unpaired) electrons. The highest BCUT2D eigenvalue weighted by Gasteiger charge is 2.22. The average molecular weight is 238 g/mol. The molecule has 0 aliphatic heterocycles. The second-order valence-corrected chi connectivity index (χ2v) is 4.50. The summed E-state index contributed by atoms with van der Waals surface area (Å²) in [6.45, 7) is 2.02. The van der Waals surface area contributed by atoms with E-state index in [1.165, 1.54) is 0 Å². The van der Waals surface area contributed by atoms with Crippen molar-refractivity contribution in [2.45, 2.75) is 30.0 Å². The van der Waals surface area contributed by atoms with Gasteiger partial charge in [-0.25, -0.2) is 0 Å². The SMILES string of the molecule is CCC(C(Cl)Cl)C(Cl)CCCl. The topological polar surface area (TPSA) is 0 Å². The zero-order chi connectivity index (χ0) is 8.85. The molecule has 0 spiro atoms. The first-order valence-electron chi connectivity index (χ1n) is 3.61. The molecule has 0 fully saturated rings. The fourth-order valence-corrected chi connectivity index (χ4v) is 2.55. The lowest BCUT2D eigenvalue weighted by molar-refractivity contribution is 0.504. The van der Waals surface area contributed by atoms with Crippen molar-refractivity contribution in [3.05, 3.63) is 0 Å². The highest BCUT2D eigenvalue weighted by Crippen LogP contribution is 2.27. The lowest BCUT2D eigenvalue weighted by atomic mass is 10.0. The van der Waals surface area contributed by atoms with Gasteiger partial charge in [-0.2, -0.15) is 0 Å². The third-order valence-corrected chi connectivity index (χ3v) is 3.05. The van der Waals surface area contributed by atoms with Gasteiger partial charge in [0.25, 0.3) is 0 Å². The van der Waals surface area contributed by atoms with Crippen molar-refractivity contribution in [1.29, 1.82) is 0 Å². The normalized spacial score (nSPS) is 16.9. The van der Waals surface area contributed by atoms with Crippen LogP contribution in [0.1, 0.15) is 19.8 Å². The number of halogens is 4. The minimum absolute atomic E-state index is 0.00231. The molecule has 0 heterocycles. The van der Waals surface area contributed by atoms with Gasteiger partial charge in [-0.1, -0.05) is 6.92 Å². The molecule has 68 valence electrons. The average Bonchev–Trinajstić information content (AvgIpc) is 1.88. The van der Waals surface area contributed by atoms with Crippen LogP contribution in [0.15, 0.2) is 0 Å². The molecule has 0 nitrogen and oxygen atoms in total. The summed E-state index contributed by atoms with van der Waals surface area (Å²) in [5, 5.41) is -0.00231. The molecule has 2 unspecified atom stereocenters. The molecule has 0 saturated heterocycles. The predicted octanol–water partition coefficient (Wildman–Crippen LogP) is 4.05. The molecule has 0 aliphatic rings. The highest BCUT2D eigenvalue weighted by molar-refractivity contribution is 6.44. The van der Waals surface area contributed by atoms with Crippen molar-refractivity contribution in [1.82, 2.24) is 0 Å². The quantitative estimate of drug-likeness (QED) is 0.633. The summed E-state index contributed by atoms with van der Waals surface area (Å²) < 4.78 is 0. The number of hydrogen-bond donors (Lipinski definition) is 0. The fourth-order valence-electron chi connectivity index (χ4n) is 0.910. The van der Waals surface area contributed by atoms with Gasteiger partial charge in [-0.05, 0) is 12.8 Å². The second-order valence-electron chi connectivity index (χ2n) is 2.40. The van der Waals surface area contributed by atoms with E-state index < -0.39 is 0 Å². The van der Waals surface area contributed by atoms with Gasteiger partial charge in [-0.3, -0.25) is 0 Å². The van der Waals surface area contributed by atoms with Crippen LogP contribution in [0, 0.1) is 5.92 Å². The summed E-state index contributed by atoms with van der Waals surface area (Å²) in [7, 11) is 0. The van der Waals surface area contributed by atoms with Gasteiger partial charge in [0.1, 0.15) is 4.84 Å². The van der Waals surface area contributed by atoms with Gasteiger partial charge in [0.05, 0.1) is 0 Å². The smallest absolute Gasteiger partial charge is 0.112 e. The molecule has 0 amide bonds. The highest BCUT2D eigenvalue weighted by atomic mass is 35.5. The maximum absolute atomic E-state index is 5.99. The van der Waals surface area contributed by atoms with Crippen LogP contribution < -0.4 is 0 Å². The maximum atomic E-state index is 5.99. The van der Waals surface area contributed by atoms with E-state index in [0.29, 0.717) is 5.88 Å². The van der Waals surface area contributed by atoms with Crippen LogP contribution in [0.3, 0.4) is 0 Å². The summed E-state index contributed by atoms with van der Waals surface area (Å²) >= 11 is 22.9. The molecule has 4 heteroatoms. The zero-order valence-electron chi connectivity index (χ0n) is 6.37. The Morgan fingerprint density at radius 3 is 2.00 bits per heavy atom. The van der Waals surface area contributed by atoms with Gasteiger partial charge >= 0.3 is 0 Å². The van der Waals surface area contributed by atoms with E-state index in [1.54, 1.807) is 0 Å². The first-order valence-corrected chi connectivity index (χ1v) is 5.46. The van der Waals surface area contributed by atoms with Gasteiger partial charge in [-0.15, -0.1) is 46.4 Å². The second kappa shape index (κ2) is 6.65. The Morgan fingerprint density at radius 2 is 1.73 bits per heavy atom. The zero-order valence-corrected chi connectivity index (χ0v) is 9.39. The Bertz CT molecular complexity index is 94.4. The summed E-state index contributed by atoms with van der Waals surface area (Å²) in [6.07, 6.45) is 1.65. The first-order chi connectivity index (χ1) is 5.13. The molecule has 0 aromatic carbocycles. The number of hydrogen-bond acceptors (Lipinski definition) is 0. The fraction of sp³-hybridized carbons (Fsp3) is 1.00. The molecule has 0 aromatic rings.